The van der Waals surface area contributed by atoms with Gasteiger partial charge in [-0.3, -0.25) is 4.90 Å². The standard InChI is InChI=1S/C16H24N2.ClH/c1-2-13-3-5-14(6-4-13)11-18-10-8-16-15(12-18)7-9-17-16;/h3-6,15-17H,2,7-12H2,1H3;1H. The van der Waals surface area contributed by atoms with E-state index in [9.17, 15) is 0 Å². The molecule has 3 heteroatoms. The number of hydrogen-bond donors (Lipinski definition) is 1. The molecule has 0 spiro atoms. The number of aryl methyl sites for hydroxylation is 1. The van der Waals surface area contributed by atoms with Gasteiger partial charge in [0.25, 0.3) is 0 Å². The molecule has 2 unspecified atom stereocenters. The van der Waals surface area contributed by atoms with Gasteiger partial charge >= 0.3 is 0 Å². The molecule has 3 rings (SSSR count). The summed E-state index contributed by atoms with van der Waals surface area (Å²) in [7, 11) is 0. The quantitative estimate of drug-likeness (QED) is 0.916. The van der Waals surface area contributed by atoms with Crippen LogP contribution in [0.25, 0.3) is 0 Å². The minimum atomic E-state index is 0. The van der Waals surface area contributed by atoms with E-state index in [0.717, 1.165) is 24.9 Å². The van der Waals surface area contributed by atoms with Gasteiger partial charge in [0.2, 0.25) is 0 Å². The fourth-order valence-electron chi connectivity index (χ4n) is 3.41. The molecule has 0 amide bonds. The Morgan fingerprint density at radius 2 is 1.89 bits per heavy atom. The average Bonchev–Trinajstić information content (AvgIpc) is 2.87. The van der Waals surface area contributed by atoms with Crippen molar-refractivity contribution in [3.8, 4) is 0 Å². The molecule has 2 aliphatic rings. The molecule has 19 heavy (non-hydrogen) atoms. The Hall–Kier alpha value is -0.570. The highest BCUT2D eigenvalue weighted by molar-refractivity contribution is 5.85. The second-order valence-electron chi connectivity index (χ2n) is 5.80. The number of fused-ring (bicyclic) bond motifs is 1. The first-order valence-corrected chi connectivity index (χ1v) is 7.38. The largest absolute Gasteiger partial charge is 0.314 e. The summed E-state index contributed by atoms with van der Waals surface area (Å²) >= 11 is 0. The van der Waals surface area contributed by atoms with Crippen LogP contribution in [0, 0.1) is 5.92 Å². The van der Waals surface area contributed by atoms with E-state index >= 15 is 0 Å². The first kappa shape index (κ1) is 14.8. The Bertz CT molecular complexity index is 390. The van der Waals surface area contributed by atoms with Crippen molar-refractivity contribution in [1.29, 1.82) is 0 Å². The first-order chi connectivity index (χ1) is 8.85. The zero-order chi connectivity index (χ0) is 12.4. The van der Waals surface area contributed by atoms with Gasteiger partial charge in [0.15, 0.2) is 0 Å². The summed E-state index contributed by atoms with van der Waals surface area (Å²) in [6.07, 6.45) is 3.84. The maximum atomic E-state index is 3.63. The minimum absolute atomic E-state index is 0. The molecule has 0 aliphatic carbocycles. The van der Waals surface area contributed by atoms with Crippen molar-refractivity contribution in [2.45, 2.75) is 38.8 Å². The molecule has 2 aliphatic heterocycles. The minimum Gasteiger partial charge on any atom is -0.314 e. The fourth-order valence-corrected chi connectivity index (χ4v) is 3.41. The molecule has 0 radical (unpaired) electrons. The molecule has 1 aromatic carbocycles. The van der Waals surface area contributed by atoms with Gasteiger partial charge < -0.3 is 5.32 Å². The lowest BCUT2D eigenvalue weighted by Crippen LogP contribution is -2.43. The number of halogens is 1. The van der Waals surface area contributed by atoms with Crippen molar-refractivity contribution in [1.82, 2.24) is 10.2 Å². The number of nitrogens with one attached hydrogen (secondary N) is 1. The number of rotatable bonds is 3. The summed E-state index contributed by atoms with van der Waals surface area (Å²) in [5.74, 6) is 0.897. The van der Waals surface area contributed by atoms with Crippen LogP contribution >= 0.6 is 12.4 Å². The number of nitrogens with zero attached hydrogens (tertiary/aromatic N) is 1. The molecule has 1 N–H and O–H groups in total. The first-order valence-electron chi connectivity index (χ1n) is 7.38. The van der Waals surface area contributed by atoms with Crippen LogP contribution in [-0.2, 0) is 13.0 Å². The fraction of sp³-hybridized carbons (Fsp3) is 0.625. The Morgan fingerprint density at radius 1 is 1.16 bits per heavy atom. The normalized spacial score (nSPS) is 26.8. The topological polar surface area (TPSA) is 15.3 Å². The van der Waals surface area contributed by atoms with Gasteiger partial charge in [-0.05, 0) is 49.4 Å². The van der Waals surface area contributed by atoms with Gasteiger partial charge in [-0.1, -0.05) is 31.2 Å². The van der Waals surface area contributed by atoms with Crippen molar-refractivity contribution < 1.29 is 0 Å². The van der Waals surface area contributed by atoms with Gasteiger partial charge in [-0.2, -0.15) is 0 Å². The Balaban J connectivity index is 0.00000133. The lowest BCUT2D eigenvalue weighted by Gasteiger charge is -2.34. The molecule has 1 aromatic rings. The van der Waals surface area contributed by atoms with Crippen LogP contribution in [0.2, 0.25) is 0 Å². The highest BCUT2D eigenvalue weighted by atomic mass is 35.5. The highest BCUT2D eigenvalue weighted by Crippen LogP contribution is 2.25. The Labute approximate surface area is 123 Å². The number of likely N-dealkylation sites (tertiary alicyclic amines) is 1. The van der Waals surface area contributed by atoms with Crippen molar-refractivity contribution in [3.63, 3.8) is 0 Å². The Kier molecular flexibility index (Phi) is 5.26. The van der Waals surface area contributed by atoms with Gasteiger partial charge in [0, 0.05) is 19.1 Å². The Morgan fingerprint density at radius 3 is 2.63 bits per heavy atom. The molecule has 2 atom stereocenters. The smallest absolute Gasteiger partial charge is 0.0233 e. The van der Waals surface area contributed by atoms with E-state index < -0.39 is 0 Å². The third-order valence-corrected chi connectivity index (χ3v) is 4.58. The van der Waals surface area contributed by atoms with Gasteiger partial charge in [-0.25, -0.2) is 0 Å². The van der Waals surface area contributed by atoms with E-state index in [2.05, 4.69) is 41.4 Å². The summed E-state index contributed by atoms with van der Waals surface area (Å²) < 4.78 is 0. The summed E-state index contributed by atoms with van der Waals surface area (Å²) in [5, 5.41) is 3.63. The zero-order valence-electron chi connectivity index (χ0n) is 11.8. The zero-order valence-corrected chi connectivity index (χ0v) is 12.6. The monoisotopic (exact) mass is 280 g/mol. The predicted octanol–water partition coefficient (Wildman–Crippen LogP) is 2.85. The third-order valence-electron chi connectivity index (χ3n) is 4.58. The van der Waals surface area contributed by atoms with Crippen molar-refractivity contribution in [2.24, 2.45) is 5.92 Å². The van der Waals surface area contributed by atoms with Gasteiger partial charge in [0.1, 0.15) is 0 Å². The molecular weight excluding hydrogens is 256 g/mol. The third kappa shape index (κ3) is 3.50. The van der Waals surface area contributed by atoms with Crippen LogP contribution < -0.4 is 5.32 Å². The van der Waals surface area contributed by atoms with Crippen LogP contribution in [0.4, 0.5) is 0 Å². The van der Waals surface area contributed by atoms with Crippen LogP contribution in [-0.4, -0.2) is 30.6 Å². The maximum Gasteiger partial charge on any atom is 0.0233 e. The van der Waals surface area contributed by atoms with E-state index in [1.54, 1.807) is 0 Å². The van der Waals surface area contributed by atoms with E-state index in [-0.39, 0.29) is 12.4 Å². The molecule has 0 aromatic heterocycles. The second kappa shape index (κ2) is 6.74. The van der Waals surface area contributed by atoms with Gasteiger partial charge in [-0.15, -0.1) is 12.4 Å². The molecule has 2 nitrogen and oxygen atoms in total. The summed E-state index contributed by atoms with van der Waals surface area (Å²) in [4.78, 5) is 2.63. The van der Waals surface area contributed by atoms with Crippen LogP contribution in [0.15, 0.2) is 24.3 Å². The van der Waals surface area contributed by atoms with Crippen molar-refractivity contribution in [2.75, 3.05) is 19.6 Å². The van der Waals surface area contributed by atoms with E-state index in [4.69, 9.17) is 0 Å². The number of hydrogen-bond acceptors (Lipinski definition) is 2. The van der Waals surface area contributed by atoms with Crippen LogP contribution in [0.5, 0.6) is 0 Å². The predicted molar refractivity (Wildman–Crippen MR) is 82.9 cm³/mol. The molecule has 0 saturated carbocycles. The summed E-state index contributed by atoms with van der Waals surface area (Å²) in [6.45, 7) is 7.12. The van der Waals surface area contributed by atoms with Crippen molar-refractivity contribution >= 4 is 12.4 Å². The molecule has 2 heterocycles. The van der Waals surface area contributed by atoms with E-state index in [1.807, 2.05) is 0 Å². The molecule has 106 valence electrons. The molecular formula is C16H25ClN2. The average molecular weight is 281 g/mol. The van der Waals surface area contributed by atoms with Gasteiger partial charge in [0.05, 0.1) is 0 Å². The second-order valence-corrected chi connectivity index (χ2v) is 5.80. The summed E-state index contributed by atoms with van der Waals surface area (Å²) in [6, 6.07) is 9.97. The van der Waals surface area contributed by atoms with Crippen LogP contribution in [0.3, 0.4) is 0 Å². The lowest BCUT2D eigenvalue weighted by molar-refractivity contribution is 0.156. The lowest BCUT2D eigenvalue weighted by atomic mass is 9.93. The van der Waals surface area contributed by atoms with Crippen LogP contribution in [0.1, 0.15) is 30.9 Å². The SMILES string of the molecule is CCc1ccc(CN2CCC3NCCC3C2)cc1.Cl. The number of benzene rings is 1. The molecule has 0 bridgehead atoms. The highest BCUT2D eigenvalue weighted by Gasteiger charge is 2.32. The number of piperidine rings is 1. The summed E-state index contributed by atoms with van der Waals surface area (Å²) in [5.41, 5.74) is 2.91. The molecule has 2 fully saturated rings. The van der Waals surface area contributed by atoms with E-state index in [0.29, 0.717) is 0 Å². The van der Waals surface area contributed by atoms with Crippen molar-refractivity contribution in [3.05, 3.63) is 35.4 Å². The molecule has 2 saturated heterocycles. The van der Waals surface area contributed by atoms with E-state index in [1.165, 1.54) is 43.6 Å². The maximum absolute atomic E-state index is 3.63.